The van der Waals surface area contributed by atoms with Crippen LogP contribution in [-0.4, -0.2) is 98.4 Å². The van der Waals surface area contributed by atoms with Gasteiger partial charge in [-0.25, -0.2) is 4.98 Å². The van der Waals surface area contributed by atoms with Crippen LogP contribution in [0, 0.1) is 0 Å². The van der Waals surface area contributed by atoms with Gasteiger partial charge in [-0.2, -0.15) is 0 Å². The molecule has 0 saturated carbocycles. The molecule has 2 saturated heterocycles. The molecule has 5 rings (SSSR count). The molecule has 0 amide bonds. The lowest BCUT2D eigenvalue weighted by Crippen LogP contribution is -2.50. The van der Waals surface area contributed by atoms with E-state index in [0.717, 1.165) is 93.8 Å². The summed E-state index contributed by atoms with van der Waals surface area (Å²) >= 11 is 1.56. The molecule has 2 fully saturated rings. The number of rotatable bonds is 9. The Morgan fingerprint density at radius 2 is 1.39 bits per heavy atom. The van der Waals surface area contributed by atoms with Gasteiger partial charge >= 0.3 is 0 Å². The third kappa shape index (κ3) is 6.43. The van der Waals surface area contributed by atoms with Gasteiger partial charge in [-0.1, -0.05) is 23.5 Å². The van der Waals surface area contributed by atoms with Crippen LogP contribution in [0.1, 0.15) is 0 Å². The molecule has 0 spiro atoms. The van der Waals surface area contributed by atoms with Gasteiger partial charge in [-0.3, -0.25) is 14.7 Å². The minimum absolute atomic E-state index is 0.661. The number of para-hydroxylation sites is 1. The third-order valence-electron chi connectivity index (χ3n) is 6.28. The number of hydrogen-bond donors (Lipinski definition) is 0. The van der Waals surface area contributed by atoms with E-state index in [1.54, 1.807) is 11.3 Å². The minimum Gasteiger partial charge on any atom is -0.492 e. The molecule has 0 N–H and O–H groups in total. The number of nitrogens with zero attached hydrogens (tertiary/aromatic N) is 4. The lowest BCUT2D eigenvalue weighted by Gasteiger charge is -2.36. The van der Waals surface area contributed by atoms with Gasteiger partial charge in [-0.15, -0.1) is 0 Å². The van der Waals surface area contributed by atoms with Gasteiger partial charge in [-0.05, 0) is 36.4 Å². The summed E-state index contributed by atoms with van der Waals surface area (Å²) in [5.41, 5.74) is 0.968. The fourth-order valence-corrected chi connectivity index (χ4v) is 5.07. The van der Waals surface area contributed by atoms with Crippen molar-refractivity contribution in [1.29, 1.82) is 0 Å². The van der Waals surface area contributed by atoms with Crippen molar-refractivity contribution in [2.75, 3.05) is 78.7 Å². The van der Waals surface area contributed by atoms with Crippen molar-refractivity contribution >= 4 is 21.6 Å². The van der Waals surface area contributed by atoms with Crippen LogP contribution in [-0.2, 0) is 4.74 Å². The predicted molar refractivity (Wildman–Crippen MR) is 132 cm³/mol. The van der Waals surface area contributed by atoms with E-state index in [1.165, 1.54) is 0 Å². The summed E-state index contributed by atoms with van der Waals surface area (Å²) in [4.78, 5) is 12.1. The maximum atomic E-state index is 5.97. The zero-order chi connectivity index (χ0) is 22.3. The second-order valence-electron chi connectivity index (χ2n) is 8.51. The van der Waals surface area contributed by atoms with Gasteiger partial charge in [0.05, 0.1) is 23.4 Å². The average molecular weight is 469 g/mol. The molecule has 7 nitrogen and oxygen atoms in total. The van der Waals surface area contributed by atoms with Crippen molar-refractivity contribution in [2.45, 2.75) is 0 Å². The van der Waals surface area contributed by atoms with Crippen molar-refractivity contribution in [3.05, 3.63) is 48.5 Å². The third-order valence-corrected chi connectivity index (χ3v) is 7.19. The maximum absolute atomic E-state index is 5.97. The van der Waals surface area contributed by atoms with Gasteiger partial charge < -0.3 is 14.2 Å². The standard InChI is InChI=1S/C25H32N4O3S/c1-2-4-24-23(3-1)26-25(33-24)32-22-7-5-21(6-8-22)31-20-17-28-12-9-27(10-13-28)11-14-29-15-18-30-19-16-29/h1-8H,9-20H2. The van der Waals surface area contributed by atoms with Crippen LogP contribution in [0.2, 0.25) is 0 Å². The van der Waals surface area contributed by atoms with Gasteiger partial charge in [0.15, 0.2) is 0 Å². The first-order valence-corrected chi connectivity index (χ1v) is 12.6. The van der Waals surface area contributed by atoms with E-state index in [4.69, 9.17) is 14.2 Å². The number of fused-ring (bicyclic) bond motifs is 1. The van der Waals surface area contributed by atoms with Crippen molar-refractivity contribution < 1.29 is 14.2 Å². The fraction of sp³-hybridized carbons (Fsp3) is 0.480. The molecule has 1 aromatic heterocycles. The number of aromatic nitrogens is 1. The van der Waals surface area contributed by atoms with Crippen LogP contribution in [0.15, 0.2) is 48.5 Å². The molecule has 8 heteroatoms. The molecule has 0 atom stereocenters. The van der Waals surface area contributed by atoms with E-state index in [9.17, 15) is 0 Å². The Hall–Kier alpha value is -2.23. The SMILES string of the molecule is c1ccc2sc(Oc3ccc(OCCN4CCN(CCN5CCOCC5)CC4)cc3)nc2c1. The average Bonchev–Trinajstić information content (AvgIpc) is 3.28. The highest BCUT2D eigenvalue weighted by Crippen LogP contribution is 2.31. The Morgan fingerprint density at radius 1 is 0.758 bits per heavy atom. The van der Waals surface area contributed by atoms with Crippen LogP contribution in [0.5, 0.6) is 16.7 Å². The molecule has 2 aromatic carbocycles. The van der Waals surface area contributed by atoms with E-state index >= 15 is 0 Å². The van der Waals surface area contributed by atoms with Crippen molar-refractivity contribution in [1.82, 2.24) is 19.7 Å². The quantitative estimate of drug-likeness (QED) is 0.477. The normalized spacial score (nSPS) is 18.5. The highest BCUT2D eigenvalue weighted by molar-refractivity contribution is 7.20. The summed E-state index contributed by atoms with van der Waals surface area (Å²) in [6, 6.07) is 15.9. The molecule has 3 heterocycles. The molecule has 176 valence electrons. The summed E-state index contributed by atoms with van der Waals surface area (Å²) in [6.45, 7) is 12.4. The Bertz CT molecular complexity index is 965. The monoisotopic (exact) mass is 468 g/mol. The van der Waals surface area contributed by atoms with Gasteiger partial charge in [0.25, 0.3) is 5.19 Å². The molecule has 2 aliphatic heterocycles. The molecule has 0 radical (unpaired) electrons. The second-order valence-corrected chi connectivity index (χ2v) is 9.50. The first-order chi connectivity index (χ1) is 16.3. The lowest BCUT2D eigenvalue weighted by molar-refractivity contribution is 0.0295. The van der Waals surface area contributed by atoms with E-state index < -0.39 is 0 Å². The fourth-order valence-electron chi connectivity index (χ4n) is 4.24. The summed E-state index contributed by atoms with van der Waals surface area (Å²) in [5, 5.41) is 0.661. The number of benzene rings is 2. The first-order valence-electron chi connectivity index (χ1n) is 11.8. The maximum Gasteiger partial charge on any atom is 0.279 e. The van der Waals surface area contributed by atoms with E-state index in [0.29, 0.717) is 11.8 Å². The zero-order valence-corrected chi connectivity index (χ0v) is 19.8. The van der Waals surface area contributed by atoms with Crippen LogP contribution in [0.25, 0.3) is 10.2 Å². The summed E-state index contributed by atoms with van der Waals surface area (Å²) in [6.07, 6.45) is 0. The smallest absolute Gasteiger partial charge is 0.279 e. The van der Waals surface area contributed by atoms with Crippen LogP contribution >= 0.6 is 11.3 Å². The summed E-state index contributed by atoms with van der Waals surface area (Å²) in [5.74, 6) is 1.64. The summed E-state index contributed by atoms with van der Waals surface area (Å²) in [7, 11) is 0. The van der Waals surface area contributed by atoms with Crippen LogP contribution in [0.3, 0.4) is 0 Å². The van der Waals surface area contributed by atoms with Crippen LogP contribution < -0.4 is 9.47 Å². The Balaban J connectivity index is 0.994. The molecular weight excluding hydrogens is 436 g/mol. The first kappa shape index (κ1) is 22.6. The summed E-state index contributed by atoms with van der Waals surface area (Å²) < 4.78 is 18.5. The van der Waals surface area contributed by atoms with Crippen LogP contribution in [0.4, 0.5) is 0 Å². The van der Waals surface area contributed by atoms with Crippen molar-refractivity contribution in [3.63, 3.8) is 0 Å². The van der Waals surface area contributed by atoms with Gasteiger partial charge in [0.1, 0.15) is 18.1 Å². The molecule has 0 unspecified atom stereocenters. The largest absolute Gasteiger partial charge is 0.492 e. The number of hydrogen-bond acceptors (Lipinski definition) is 8. The number of piperazine rings is 1. The van der Waals surface area contributed by atoms with Crippen molar-refractivity contribution in [3.8, 4) is 16.7 Å². The second kappa shape index (κ2) is 11.3. The zero-order valence-electron chi connectivity index (χ0n) is 19.0. The predicted octanol–water partition coefficient (Wildman–Crippen LogP) is 3.42. The molecule has 33 heavy (non-hydrogen) atoms. The minimum atomic E-state index is 0.661. The number of morpholine rings is 1. The topological polar surface area (TPSA) is 50.3 Å². The molecule has 2 aliphatic rings. The number of thiazole rings is 1. The van der Waals surface area contributed by atoms with E-state index in [1.807, 2.05) is 42.5 Å². The Morgan fingerprint density at radius 3 is 2.12 bits per heavy atom. The molecule has 3 aromatic rings. The lowest BCUT2D eigenvalue weighted by atomic mass is 10.3. The highest BCUT2D eigenvalue weighted by Gasteiger charge is 2.18. The Labute approximate surface area is 199 Å². The molecular formula is C25H32N4O3S. The highest BCUT2D eigenvalue weighted by atomic mass is 32.1. The Kier molecular flexibility index (Phi) is 7.70. The van der Waals surface area contributed by atoms with Gasteiger partial charge in [0.2, 0.25) is 0 Å². The number of ether oxygens (including phenoxy) is 3. The molecule has 0 aliphatic carbocycles. The van der Waals surface area contributed by atoms with E-state index in [-0.39, 0.29) is 0 Å². The van der Waals surface area contributed by atoms with Gasteiger partial charge in [0, 0.05) is 58.9 Å². The molecule has 0 bridgehead atoms. The van der Waals surface area contributed by atoms with Crippen molar-refractivity contribution in [2.24, 2.45) is 0 Å². The van der Waals surface area contributed by atoms with E-state index in [2.05, 4.69) is 25.8 Å².